The average Bonchev–Trinajstić information content (AvgIpc) is 2.90. The normalized spacial score (nSPS) is 31.6. The molecule has 0 N–H and O–H groups in total. The second-order valence-electron chi connectivity index (χ2n) is 6.12. The Morgan fingerprint density at radius 3 is 2.68 bits per heavy atom. The van der Waals surface area contributed by atoms with Crippen molar-refractivity contribution in [3.8, 4) is 0 Å². The number of Topliss-reactive ketones (excluding diaryl/α,β-unsaturated/α-hetero) is 1. The molecule has 4 atom stereocenters. The molecule has 19 heavy (non-hydrogen) atoms. The summed E-state index contributed by atoms with van der Waals surface area (Å²) in [5.74, 6) is 1.86. The Balaban J connectivity index is 2.26. The first kappa shape index (κ1) is 14.3. The molecule has 0 saturated heterocycles. The number of carbonyl (C=O) groups excluding carboxylic acids is 1. The van der Waals surface area contributed by atoms with E-state index < -0.39 is 0 Å². The maximum atomic E-state index is 12.6. The van der Waals surface area contributed by atoms with E-state index in [9.17, 15) is 4.79 Å². The van der Waals surface area contributed by atoms with Crippen LogP contribution in [0.4, 0.5) is 0 Å². The van der Waals surface area contributed by atoms with Gasteiger partial charge >= 0.3 is 0 Å². The fraction of sp³-hybridized carbons (Fsp3) is 0.688. The zero-order valence-corrected chi connectivity index (χ0v) is 12.3. The van der Waals surface area contributed by atoms with E-state index in [1.165, 1.54) is 0 Å². The van der Waals surface area contributed by atoms with Gasteiger partial charge in [-0.15, -0.1) is 0 Å². The summed E-state index contributed by atoms with van der Waals surface area (Å²) < 4.78 is 10.9. The van der Waals surface area contributed by atoms with Crippen molar-refractivity contribution in [2.24, 2.45) is 23.7 Å². The molecule has 106 valence electrons. The molecule has 1 aromatic heterocycles. The lowest BCUT2D eigenvalue weighted by Gasteiger charge is -2.41. The van der Waals surface area contributed by atoms with Gasteiger partial charge in [0.05, 0.1) is 12.4 Å². The second kappa shape index (κ2) is 5.91. The summed E-state index contributed by atoms with van der Waals surface area (Å²) in [6.07, 6.45) is 3.72. The molecule has 1 aromatic rings. The fourth-order valence-electron chi connectivity index (χ4n) is 3.53. The predicted molar refractivity (Wildman–Crippen MR) is 74.1 cm³/mol. The van der Waals surface area contributed by atoms with Crippen molar-refractivity contribution < 1.29 is 13.9 Å². The van der Waals surface area contributed by atoms with Gasteiger partial charge < -0.3 is 9.15 Å². The Kier molecular flexibility index (Phi) is 4.46. The van der Waals surface area contributed by atoms with E-state index in [1.807, 2.05) is 0 Å². The molecule has 1 fully saturated rings. The van der Waals surface area contributed by atoms with Crippen LogP contribution in [0.15, 0.2) is 22.8 Å². The van der Waals surface area contributed by atoms with Crippen LogP contribution in [0.3, 0.4) is 0 Å². The Hall–Kier alpha value is -1.09. The molecule has 0 aliphatic heterocycles. The summed E-state index contributed by atoms with van der Waals surface area (Å²) >= 11 is 0. The minimum absolute atomic E-state index is 0.0137. The minimum atomic E-state index is 0.0137. The van der Waals surface area contributed by atoms with Crippen LogP contribution in [0.5, 0.6) is 0 Å². The summed E-state index contributed by atoms with van der Waals surface area (Å²) in [6.45, 7) is 6.55. The van der Waals surface area contributed by atoms with Crippen LogP contribution in [-0.4, -0.2) is 19.0 Å². The molecular formula is C16H24O3. The molecule has 1 heterocycles. The monoisotopic (exact) mass is 264 g/mol. The van der Waals surface area contributed by atoms with Crippen molar-refractivity contribution >= 4 is 5.78 Å². The molecule has 2 rings (SSSR count). The third kappa shape index (κ3) is 2.92. The smallest absolute Gasteiger partial charge is 0.201 e. The second-order valence-corrected chi connectivity index (χ2v) is 6.12. The Morgan fingerprint density at radius 1 is 1.42 bits per heavy atom. The highest BCUT2D eigenvalue weighted by Gasteiger charge is 2.42. The van der Waals surface area contributed by atoms with Gasteiger partial charge in [-0.3, -0.25) is 4.79 Å². The van der Waals surface area contributed by atoms with E-state index in [2.05, 4.69) is 20.8 Å². The third-order valence-electron chi connectivity index (χ3n) is 4.36. The number of methoxy groups -OCH3 is 1. The Labute approximate surface area is 115 Å². The zero-order chi connectivity index (χ0) is 14.0. The van der Waals surface area contributed by atoms with Crippen molar-refractivity contribution in [2.45, 2.75) is 39.7 Å². The number of hydrogen-bond acceptors (Lipinski definition) is 3. The van der Waals surface area contributed by atoms with E-state index in [1.54, 1.807) is 25.5 Å². The van der Waals surface area contributed by atoms with Crippen LogP contribution in [0.2, 0.25) is 0 Å². The first-order chi connectivity index (χ1) is 9.04. The third-order valence-corrected chi connectivity index (χ3v) is 4.36. The Bertz CT molecular complexity index is 408. The van der Waals surface area contributed by atoms with Gasteiger partial charge in [-0.05, 0) is 42.7 Å². The lowest BCUT2D eigenvalue weighted by atomic mass is 9.66. The van der Waals surface area contributed by atoms with Crippen LogP contribution < -0.4 is 0 Å². The van der Waals surface area contributed by atoms with Crippen LogP contribution in [0, 0.1) is 23.7 Å². The molecule has 4 unspecified atom stereocenters. The van der Waals surface area contributed by atoms with E-state index in [4.69, 9.17) is 9.15 Å². The highest BCUT2D eigenvalue weighted by molar-refractivity contribution is 5.95. The largest absolute Gasteiger partial charge is 0.461 e. The van der Waals surface area contributed by atoms with Crippen molar-refractivity contribution in [3.63, 3.8) is 0 Å². The van der Waals surface area contributed by atoms with Gasteiger partial charge in [0.1, 0.15) is 0 Å². The molecule has 1 aliphatic rings. The van der Waals surface area contributed by atoms with E-state index >= 15 is 0 Å². The zero-order valence-electron chi connectivity index (χ0n) is 12.3. The molecule has 3 heteroatoms. The Morgan fingerprint density at radius 2 is 2.16 bits per heavy atom. The summed E-state index contributed by atoms with van der Waals surface area (Å²) in [5, 5.41) is 0. The standard InChI is InChI=1S/C16H24O3/c1-10(2)15-12(8-11(3)9-14(15)18-4)16(17)13-6-5-7-19-13/h5-7,10-12,14-15H,8-9H2,1-4H3. The van der Waals surface area contributed by atoms with Gasteiger partial charge in [-0.25, -0.2) is 0 Å². The number of ketones is 1. The molecule has 0 radical (unpaired) electrons. The molecule has 3 nitrogen and oxygen atoms in total. The van der Waals surface area contributed by atoms with Gasteiger partial charge in [-0.1, -0.05) is 20.8 Å². The van der Waals surface area contributed by atoms with Gasteiger partial charge in [0, 0.05) is 13.0 Å². The molecule has 0 aromatic carbocycles. The maximum absolute atomic E-state index is 12.6. The molecule has 0 bridgehead atoms. The maximum Gasteiger partial charge on any atom is 0.201 e. The first-order valence-corrected chi connectivity index (χ1v) is 7.15. The summed E-state index contributed by atoms with van der Waals surface area (Å²) in [5.41, 5.74) is 0. The van der Waals surface area contributed by atoms with Crippen molar-refractivity contribution in [1.82, 2.24) is 0 Å². The van der Waals surface area contributed by atoms with Crippen LogP contribution in [-0.2, 0) is 4.74 Å². The molecular weight excluding hydrogens is 240 g/mol. The number of carbonyl (C=O) groups is 1. The molecule has 0 spiro atoms. The predicted octanol–water partition coefficient (Wildman–Crippen LogP) is 3.80. The van der Waals surface area contributed by atoms with Crippen molar-refractivity contribution in [1.29, 1.82) is 0 Å². The summed E-state index contributed by atoms with van der Waals surface area (Å²) in [7, 11) is 1.76. The molecule has 1 aliphatic carbocycles. The van der Waals surface area contributed by atoms with E-state index in [0.717, 1.165) is 12.8 Å². The van der Waals surface area contributed by atoms with E-state index in [-0.39, 0.29) is 23.7 Å². The number of ether oxygens (including phenoxy) is 1. The van der Waals surface area contributed by atoms with Gasteiger partial charge in [0.2, 0.25) is 5.78 Å². The minimum Gasteiger partial charge on any atom is -0.461 e. The highest BCUT2D eigenvalue weighted by atomic mass is 16.5. The average molecular weight is 264 g/mol. The molecule has 0 amide bonds. The van der Waals surface area contributed by atoms with Gasteiger partial charge in [-0.2, -0.15) is 0 Å². The quantitative estimate of drug-likeness (QED) is 0.777. The summed E-state index contributed by atoms with van der Waals surface area (Å²) in [6, 6.07) is 3.54. The van der Waals surface area contributed by atoms with Crippen molar-refractivity contribution in [2.75, 3.05) is 7.11 Å². The topological polar surface area (TPSA) is 39.4 Å². The fourth-order valence-corrected chi connectivity index (χ4v) is 3.53. The van der Waals surface area contributed by atoms with Crippen LogP contribution in [0.25, 0.3) is 0 Å². The number of rotatable bonds is 4. The first-order valence-electron chi connectivity index (χ1n) is 7.15. The number of hydrogen-bond donors (Lipinski definition) is 0. The lowest BCUT2D eigenvalue weighted by Crippen LogP contribution is -2.43. The van der Waals surface area contributed by atoms with Crippen LogP contribution >= 0.6 is 0 Å². The summed E-state index contributed by atoms with van der Waals surface area (Å²) in [4.78, 5) is 12.6. The SMILES string of the molecule is COC1CC(C)CC(C(=O)c2ccco2)C1C(C)C. The molecule has 1 saturated carbocycles. The van der Waals surface area contributed by atoms with Gasteiger partial charge in [0.25, 0.3) is 0 Å². The number of furan rings is 1. The van der Waals surface area contributed by atoms with Gasteiger partial charge in [0.15, 0.2) is 5.76 Å². The highest BCUT2D eigenvalue weighted by Crippen LogP contribution is 2.41. The van der Waals surface area contributed by atoms with Crippen molar-refractivity contribution in [3.05, 3.63) is 24.2 Å². The van der Waals surface area contributed by atoms with Crippen LogP contribution in [0.1, 0.15) is 44.2 Å². The van der Waals surface area contributed by atoms with E-state index in [0.29, 0.717) is 17.6 Å². The lowest BCUT2D eigenvalue weighted by molar-refractivity contribution is -0.0347.